The summed E-state index contributed by atoms with van der Waals surface area (Å²) in [4.78, 5) is 0. The van der Waals surface area contributed by atoms with Crippen LogP contribution in [0.3, 0.4) is 0 Å². The molecule has 4 aromatic rings. The zero-order valence-corrected chi connectivity index (χ0v) is 25.0. The standard InChI is InChI=1S/C28H30F2N6O8Se/c29-15-5-1-3-13(7-15)17-9-35(33-31-17)21-23(39)19(11-37)43-27(25(21)41)45-28-26(42)22(24(40)20(12-38)44-28)36-10-18(32-34-36)14-4-2-6-16(30)8-14/h1-10,19-28,37-42H,11-12H2/t19?,20?,21-,22?,23-,24-,25?,26+,27-,28-/m0/s1. The molecule has 0 amide bonds. The average molecular weight is 696 g/mol. The van der Waals surface area contributed by atoms with Gasteiger partial charge in [-0.25, -0.2) is 0 Å². The number of nitrogens with zero attached hydrogens (tertiary/aromatic N) is 6. The molecule has 45 heavy (non-hydrogen) atoms. The number of hydrogen-bond acceptors (Lipinski definition) is 12. The molecule has 2 saturated heterocycles. The van der Waals surface area contributed by atoms with E-state index in [0.29, 0.717) is 11.1 Å². The molecule has 2 fully saturated rings. The van der Waals surface area contributed by atoms with E-state index in [1.165, 1.54) is 58.2 Å². The number of hydrogen-bond donors (Lipinski definition) is 6. The van der Waals surface area contributed by atoms with Crippen molar-refractivity contribution in [1.29, 1.82) is 0 Å². The van der Waals surface area contributed by atoms with Crippen molar-refractivity contribution in [2.75, 3.05) is 13.2 Å². The van der Waals surface area contributed by atoms with Crippen molar-refractivity contribution in [3.05, 3.63) is 72.6 Å². The quantitative estimate of drug-likeness (QED) is 0.121. The monoisotopic (exact) mass is 696 g/mol. The van der Waals surface area contributed by atoms with E-state index in [9.17, 15) is 39.4 Å². The zero-order valence-electron chi connectivity index (χ0n) is 23.3. The Bertz CT molecular complexity index is 1500. The molecule has 240 valence electrons. The van der Waals surface area contributed by atoms with Gasteiger partial charge in [0.25, 0.3) is 0 Å². The minimum atomic E-state index is -1.44. The molecule has 17 heteroatoms. The van der Waals surface area contributed by atoms with E-state index in [-0.39, 0.29) is 11.4 Å². The van der Waals surface area contributed by atoms with E-state index >= 15 is 0 Å². The number of ether oxygens (including phenoxy) is 2. The van der Waals surface area contributed by atoms with Crippen molar-refractivity contribution < 1.29 is 48.9 Å². The Morgan fingerprint density at radius 1 is 0.667 bits per heavy atom. The first-order valence-corrected chi connectivity index (χ1v) is 15.9. The van der Waals surface area contributed by atoms with Crippen LogP contribution in [0.25, 0.3) is 22.5 Å². The molecule has 0 aliphatic carbocycles. The van der Waals surface area contributed by atoms with Crippen molar-refractivity contribution in [2.24, 2.45) is 0 Å². The van der Waals surface area contributed by atoms with E-state index in [4.69, 9.17) is 9.47 Å². The molecule has 4 unspecified atom stereocenters. The Morgan fingerprint density at radius 2 is 1.09 bits per heavy atom. The van der Waals surface area contributed by atoms with Crippen molar-refractivity contribution in [3.8, 4) is 22.5 Å². The number of aromatic nitrogens is 6. The molecule has 0 bridgehead atoms. The molecule has 0 spiro atoms. The van der Waals surface area contributed by atoms with Gasteiger partial charge in [-0.2, -0.15) is 0 Å². The maximum absolute atomic E-state index is 13.8. The van der Waals surface area contributed by atoms with Gasteiger partial charge in [0, 0.05) is 0 Å². The summed E-state index contributed by atoms with van der Waals surface area (Å²) in [5.74, 6) is -0.967. The van der Waals surface area contributed by atoms with E-state index in [2.05, 4.69) is 20.6 Å². The summed E-state index contributed by atoms with van der Waals surface area (Å²) < 4.78 is 41.7. The van der Waals surface area contributed by atoms with Gasteiger partial charge in [0.2, 0.25) is 0 Å². The third kappa shape index (κ3) is 6.29. The molecule has 0 saturated carbocycles. The van der Waals surface area contributed by atoms with Gasteiger partial charge >= 0.3 is 261 Å². The first-order valence-electron chi connectivity index (χ1n) is 13.9. The molecule has 2 aromatic heterocycles. The fraction of sp³-hybridized carbons (Fsp3) is 0.429. The predicted octanol–water partition coefficient (Wildman–Crippen LogP) is -1.15. The molecule has 2 aliphatic heterocycles. The molecule has 2 aliphatic rings. The van der Waals surface area contributed by atoms with Gasteiger partial charge < -0.3 is 0 Å². The van der Waals surface area contributed by atoms with Crippen molar-refractivity contribution in [3.63, 3.8) is 0 Å². The fourth-order valence-corrected chi connectivity index (χ4v) is 8.30. The van der Waals surface area contributed by atoms with E-state index in [1.807, 2.05) is 0 Å². The Hall–Kier alpha value is -3.22. The molecule has 6 rings (SSSR count). The molecule has 0 radical (unpaired) electrons. The van der Waals surface area contributed by atoms with E-state index in [0.717, 1.165) is 0 Å². The summed E-state index contributed by atoms with van der Waals surface area (Å²) in [6.07, 6.45) is -5.19. The molecular formula is C28H30F2N6O8Se. The third-order valence-corrected chi connectivity index (χ3v) is 10.6. The van der Waals surface area contributed by atoms with Crippen LogP contribution in [0.5, 0.6) is 0 Å². The number of aliphatic hydroxyl groups is 6. The van der Waals surface area contributed by atoms with Crippen molar-refractivity contribution in [2.45, 2.75) is 58.7 Å². The van der Waals surface area contributed by atoms with Gasteiger partial charge in [-0.1, -0.05) is 0 Å². The van der Waals surface area contributed by atoms with Crippen LogP contribution in [0, 0.1) is 11.6 Å². The first-order chi connectivity index (χ1) is 21.7. The van der Waals surface area contributed by atoms with Crippen LogP contribution in [0.15, 0.2) is 60.9 Å². The Kier molecular flexibility index (Phi) is 9.35. The van der Waals surface area contributed by atoms with Crippen LogP contribution in [-0.2, 0) is 9.47 Å². The third-order valence-electron chi connectivity index (χ3n) is 7.84. The van der Waals surface area contributed by atoms with Gasteiger partial charge in [0.15, 0.2) is 0 Å². The molecule has 10 atom stereocenters. The van der Waals surface area contributed by atoms with Crippen LogP contribution in [-0.4, -0.2) is 135 Å². The SMILES string of the molecule is OCC1O[C@@H]([Se][C@@H]2OC(CO)[C@H](O)[C@H](n3cc(-c4cccc(F)c4)nn3)C2O)[C@H](O)C(n2cc(-c3cccc(F)c3)nn2)[C@H]1O. The van der Waals surface area contributed by atoms with Crippen LogP contribution in [0.4, 0.5) is 8.78 Å². The second-order valence-electron chi connectivity index (χ2n) is 10.7. The van der Waals surface area contributed by atoms with Crippen LogP contribution in [0.1, 0.15) is 12.1 Å². The van der Waals surface area contributed by atoms with E-state index < -0.39 is 98.5 Å². The summed E-state index contributed by atoms with van der Waals surface area (Å²) in [5.41, 5.74) is 1.40. The summed E-state index contributed by atoms with van der Waals surface area (Å²) in [6.45, 7) is -1.22. The predicted molar refractivity (Wildman–Crippen MR) is 150 cm³/mol. The molecule has 14 nitrogen and oxygen atoms in total. The number of benzene rings is 2. The Labute approximate surface area is 260 Å². The summed E-state index contributed by atoms with van der Waals surface area (Å²) in [6, 6.07) is 9.01. The number of halogens is 2. The van der Waals surface area contributed by atoms with E-state index in [1.54, 1.807) is 12.1 Å². The topological polar surface area (TPSA) is 201 Å². The van der Waals surface area contributed by atoms with Gasteiger partial charge in [-0.15, -0.1) is 0 Å². The second-order valence-corrected chi connectivity index (χ2v) is 13.2. The zero-order chi connectivity index (χ0) is 31.8. The molecule has 6 N–H and O–H groups in total. The number of rotatable bonds is 8. The van der Waals surface area contributed by atoms with Gasteiger partial charge in [-0.3, -0.25) is 0 Å². The van der Waals surface area contributed by atoms with Crippen molar-refractivity contribution >= 4 is 15.0 Å². The Balaban J connectivity index is 1.25. The van der Waals surface area contributed by atoms with Crippen LogP contribution in [0.2, 0.25) is 0 Å². The minimum absolute atomic E-state index is 0.280. The van der Waals surface area contributed by atoms with Gasteiger partial charge in [-0.05, 0) is 0 Å². The maximum atomic E-state index is 13.8. The van der Waals surface area contributed by atoms with Crippen molar-refractivity contribution in [1.82, 2.24) is 30.0 Å². The fourth-order valence-electron chi connectivity index (χ4n) is 5.52. The molecular weight excluding hydrogens is 665 g/mol. The van der Waals surface area contributed by atoms with Crippen LogP contribution >= 0.6 is 0 Å². The normalized spacial score (nSPS) is 32.1. The average Bonchev–Trinajstić information content (AvgIpc) is 3.71. The molecule has 4 heterocycles. The second kappa shape index (κ2) is 13.3. The summed E-state index contributed by atoms with van der Waals surface area (Å²) >= 11 is -0.964. The first kappa shape index (κ1) is 31.7. The summed E-state index contributed by atoms with van der Waals surface area (Å²) in [5, 5.41) is 78.8. The van der Waals surface area contributed by atoms with Crippen LogP contribution < -0.4 is 0 Å². The summed E-state index contributed by atoms with van der Waals surface area (Å²) in [7, 11) is 0. The van der Waals surface area contributed by atoms with Gasteiger partial charge in [0.05, 0.1) is 0 Å². The van der Waals surface area contributed by atoms with Gasteiger partial charge in [0.1, 0.15) is 0 Å². The number of aliphatic hydroxyl groups excluding tert-OH is 6. The molecule has 2 aromatic carbocycles. The Morgan fingerprint density at radius 3 is 1.47 bits per heavy atom.